The summed E-state index contributed by atoms with van der Waals surface area (Å²) in [4.78, 5) is 16.5. The van der Waals surface area contributed by atoms with Gasteiger partial charge in [-0.05, 0) is 24.2 Å². The number of hydrogen-bond donors (Lipinski definition) is 1. The van der Waals surface area contributed by atoms with Crippen molar-refractivity contribution in [3.63, 3.8) is 0 Å². The first-order chi connectivity index (χ1) is 9.75. The molecule has 3 aromatic rings. The zero-order valence-electron chi connectivity index (χ0n) is 11.1. The fourth-order valence-corrected chi connectivity index (χ4v) is 1.93. The van der Waals surface area contributed by atoms with Gasteiger partial charge in [0.05, 0.1) is 12.6 Å². The Morgan fingerprint density at radius 2 is 1.95 bits per heavy atom. The number of pyridine rings is 1. The summed E-state index contributed by atoms with van der Waals surface area (Å²) < 4.78 is 7.75. The van der Waals surface area contributed by atoms with E-state index in [1.165, 1.54) is 0 Å². The van der Waals surface area contributed by atoms with E-state index in [0.717, 1.165) is 10.9 Å². The van der Waals surface area contributed by atoms with Crippen LogP contribution < -0.4 is 5.32 Å². The van der Waals surface area contributed by atoms with Crippen molar-refractivity contribution >= 4 is 22.5 Å². The van der Waals surface area contributed by atoms with E-state index in [9.17, 15) is 4.79 Å². The maximum absolute atomic E-state index is 12.2. The van der Waals surface area contributed by atoms with E-state index in [1.807, 2.05) is 24.3 Å². The molecule has 19 heavy (non-hydrogen) atoms. The Morgan fingerprint density at radius 1 is 1.05 bits per heavy atom. The van der Waals surface area contributed by atoms with Crippen LogP contribution in [0.25, 0.3) is 10.9 Å². The van der Waals surface area contributed by atoms with Crippen LogP contribution in [-0.2, 0) is 0 Å². The number of nitrogens with one attached hydrogen (secondary N) is 1. The van der Waals surface area contributed by atoms with Crippen molar-refractivity contribution in [1.29, 1.82) is 0 Å². The van der Waals surface area contributed by atoms with E-state index in [0.29, 0.717) is 11.3 Å². The second kappa shape index (κ2) is 4.90. The molecule has 0 saturated heterocycles. The average Bonchev–Trinajstić information content (AvgIpc) is 2.48. The fourth-order valence-electron chi connectivity index (χ4n) is 1.93. The number of carbonyl (C=O) groups excluding carboxylic acids is 1. The first-order valence-electron chi connectivity index (χ1n) is 6.46. The molecule has 0 radical (unpaired) electrons. The minimum absolute atomic E-state index is 0.207. The SMILES string of the molecule is [2H]c1ccccc1C(=O)Nc1cccc2cccnc12. The summed E-state index contributed by atoms with van der Waals surface area (Å²) in [6.45, 7) is 0. The zero-order chi connectivity index (χ0) is 13.9. The first-order valence-corrected chi connectivity index (χ1v) is 5.96. The standard InChI is InChI=1S/C16H12N2O/c19-16(13-6-2-1-3-7-13)18-14-10-4-8-12-9-5-11-17-15(12)14/h1-11H,(H,18,19)/i6D. The molecule has 0 aliphatic carbocycles. The highest BCUT2D eigenvalue weighted by Crippen LogP contribution is 2.21. The van der Waals surface area contributed by atoms with Crippen LogP contribution in [0.2, 0.25) is 0 Å². The lowest BCUT2D eigenvalue weighted by atomic mass is 10.1. The minimum Gasteiger partial charge on any atom is -0.320 e. The third-order valence-corrected chi connectivity index (χ3v) is 2.83. The second-order valence-corrected chi connectivity index (χ2v) is 4.11. The second-order valence-electron chi connectivity index (χ2n) is 4.11. The van der Waals surface area contributed by atoms with Crippen LogP contribution in [0.4, 0.5) is 5.69 Å². The molecule has 0 bridgehead atoms. The molecule has 0 fully saturated rings. The Labute approximate surface area is 112 Å². The van der Waals surface area contributed by atoms with E-state index in [4.69, 9.17) is 1.37 Å². The molecule has 1 N–H and O–H groups in total. The van der Waals surface area contributed by atoms with Gasteiger partial charge >= 0.3 is 0 Å². The molecule has 0 saturated carbocycles. The van der Waals surface area contributed by atoms with Gasteiger partial charge in [0.1, 0.15) is 0 Å². The maximum atomic E-state index is 12.2. The first kappa shape index (κ1) is 10.3. The number of fused-ring (bicyclic) bond motifs is 1. The number of benzene rings is 2. The van der Waals surface area contributed by atoms with E-state index in [-0.39, 0.29) is 11.9 Å². The van der Waals surface area contributed by atoms with Crippen LogP contribution in [0.1, 0.15) is 11.7 Å². The van der Waals surface area contributed by atoms with Gasteiger partial charge in [-0.1, -0.05) is 36.4 Å². The quantitative estimate of drug-likeness (QED) is 0.755. The highest BCUT2D eigenvalue weighted by molar-refractivity contribution is 6.08. The minimum atomic E-state index is -0.297. The Kier molecular flexibility index (Phi) is 2.65. The Morgan fingerprint density at radius 3 is 2.84 bits per heavy atom. The van der Waals surface area contributed by atoms with E-state index >= 15 is 0 Å². The molecule has 0 aliphatic heterocycles. The lowest BCUT2D eigenvalue weighted by Crippen LogP contribution is -2.12. The highest BCUT2D eigenvalue weighted by Gasteiger charge is 2.07. The normalized spacial score (nSPS) is 11.1. The number of amides is 1. The van der Waals surface area contributed by atoms with Gasteiger partial charge < -0.3 is 5.32 Å². The van der Waals surface area contributed by atoms with Crippen molar-refractivity contribution in [1.82, 2.24) is 4.98 Å². The van der Waals surface area contributed by atoms with Gasteiger partial charge in [-0.2, -0.15) is 0 Å². The zero-order valence-corrected chi connectivity index (χ0v) is 10.1. The van der Waals surface area contributed by atoms with Gasteiger partial charge in [-0.15, -0.1) is 0 Å². The van der Waals surface area contributed by atoms with Crippen LogP contribution in [0.15, 0.2) is 66.8 Å². The molecular weight excluding hydrogens is 236 g/mol. The van der Waals surface area contributed by atoms with Gasteiger partial charge in [0.2, 0.25) is 0 Å². The van der Waals surface area contributed by atoms with Crippen LogP contribution in [0, 0.1) is 0 Å². The third kappa shape index (κ3) is 2.31. The topological polar surface area (TPSA) is 42.0 Å². The Balaban J connectivity index is 1.98. The van der Waals surface area contributed by atoms with Crippen molar-refractivity contribution in [3.8, 4) is 0 Å². The van der Waals surface area contributed by atoms with Crippen LogP contribution in [-0.4, -0.2) is 10.9 Å². The predicted molar refractivity (Wildman–Crippen MR) is 76.1 cm³/mol. The number of rotatable bonds is 2. The molecule has 1 amide bonds. The monoisotopic (exact) mass is 249 g/mol. The van der Waals surface area contributed by atoms with Gasteiger partial charge in [-0.3, -0.25) is 9.78 Å². The Bertz CT molecular complexity index is 781. The molecule has 1 aromatic heterocycles. The summed E-state index contributed by atoms with van der Waals surface area (Å²) in [7, 11) is 0. The lowest BCUT2D eigenvalue weighted by molar-refractivity contribution is 0.102. The van der Waals surface area contributed by atoms with Gasteiger partial charge in [0.25, 0.3) is 5.91 Å². The van der Waals surface area contributed by atoms with Crippen molar-refractivity contribution in [2.75, 3.05) is 5.32 Å². The lowest BCUT2D eigenvalue weighted by Gasteiger charge is -2.07. The van der Waals surface area contributed by atoms with Crippen LogP contribution in [0.3, 0.4) is 0 Å². The summed E-state index contributed by atoms with van der Waals surface area (Å²) in [6.07, 6.45) is 1.69. The summed E-state index contributed by atoms with van der Waals surface area (Å²) >= 11 is 0. The smallest absolute Gasteiger partial charge is 0.255 e. The van der Waals surface area contributed by atoms with E-state index in [2.05, 4.69) is 10.3 Å². The summed E-state index contributed by atoms with van der Waals surface area (Å²) in [5.41, 5.74) is 1.74. The molecule has 2 aromatic carbocycles. The number of aromatic nitrogens is 1. The number of nitrogens with zero attached hydrogens (tertiary/aromatic N) is 1. The van der Waals surface area contributed by atoms with E-state index < -0.39 is 0 Å². The summed E-state index contributed by atoms with van der Waals surface area (Å²) in [5.74, 6) is -0.297. The van der Waals surface area contributed by atoms with Crippen molar-refractivity contribution in [2.45, 2.75) is 0 Å². The predicted octanol–water partition coefficient (Wildman–Crippen LogP) is 3.49. The summed E-state index contributed by atoms with van der Waals surface area (Å²) in [6, 6.07) is 16.3. The molecular formula is C16H12N2O. The molecule has 3 nitrogen and oxygen atoms in total. The highest BCUT2D eigenvalue weighted by atomic mass is 16.1. The van der Waals surface area contributed by atoms with Crippen molar-refractivity contribution < 1.29 is 6.17 Å². The van der Waals surface area contributed by atoms with Gasteiger partial charge in [0.15, 0.2) is 0 Å². The number of hydrogen-bond acceptors (Lipinski definition) is 2. The van der Waals surface area contributed by atoms with Gasteiger partial charge in [-0.25, -0.2) is 0 Å². The third-order valence-electron chi connectivity index (χ3n) is 2.83. The molecule has 0 unspecified atom stereocenters. The number of carbonyl (C=O) groups is 1. The molecule has 92 valence electrons. The fraction of sp³-hybridized carbons (Fsp3) is 0. The summed E-state index contributed by atoms with van der Waals surface area (Å²) in [5, 5.41) is 3.78. The Hall–Kier alpha value is -2.68. The van der Waals surface area contributed by atoms with Gasteiger partial charge in [0, 0.05) is 17.1 Å². The largest absolute Gasteiger partial charge is 0.320 e. The van der Waals surface area contributed by atoms with Crippen LogP contribution >= 0.6 is 0 Å². The van der Waals surface area contributed by atoms with Crippen molar-refractivity contribution in [3.05, 3.63) is 72.4 Å². The molecule has 0 aliphatic rings. The molecule has 0 spiro atoms. The van der Waals surface area contributed by atoms with Crippen LogP contribution in [0.5, 0.6) is 0 Å². The molecule has 3 rings (SSSR count). The maximum Gasteiger partial charge on any atom is 0.255 e. The van der Waals surface area contributed by atoms with E-state index in [1.54, 1.807) is 36.5 Å². The molecule has 0 atom stereocenters. The average molecular weight is 249 g/mol. The number of anilines is 1. The molecule has 3 heteroatoms. The van der Waals surface area contributed by atoms with Crippen molar-refractivity contribution in [2.24, 2.45) is 0 Å². The number of para-hydroxylation sites is 1. The molecule has 1 heterocycles.